The molecule has 2 rings (SSSR count). The summed E-state index contributed by atoms with van der Waals surface area (Å²) >= 11 is 1.57. The molecule has 2 aromatic rings. The number of nitrogens with one attached hydrogen (secondary N) is 1. The average molecular weight is 248 g/mol. The van der Waals surface area contributed by atoms with Crippen molar-refractivity contribution in [2.24, 2.45) is 0 Å². The predicted molar refractivity (Wildman–Crippen MR) is 69.4 cm³/mol. The van der Waals surface area contributed by atoms with Gasteiger partial charge >= 0.3 is 0 Å². The number of nitrogens with zero attached hydrogens (tertiary/aromatic N) is 1. The van der Waals surface area contributed by atoms with Crippen molar-refractivity contribution in [2.75, 3.05) is 6.54 Å². The van der Waals surface area contributed by atoms with Crippen molar-refractivity contribution >= 4 is 11.3 Å². The maximum atomic E-state index is 12.8. The third-order valence-corrected chi connectivity index (χ3v) is 3.18. The van der Waals surface area contributed by atoms with Crippen LogP contribution >= 0.6 is 11.3 Å². The quantitative estimate of drug-likeness (QED) is 0.649. The van der Waals surface area contributed by atoms with E-state index in [1.165, 1.54) is 12.1 Å². The lowest BCUT2D eigenvalue weighted by molar-refractivity contribution is 0.628. The zero-order valence-corrected chi connectivity index (χ0v) is 10.1. The highest BCUT2D eigenvalue weighted by Crippen LogP contribution is 2.23. The summed E-state index contributed by atoms with van der Waals surface area (Å²) in [6.07, 6.45) is 1.81. The van der Waals surface area contributed by atoms with Gasteiger partial charge in [0, 0.05) is 24.0 Å². The Labute approximate surface area is 104 Å². The number of thiazole rings is 1. The van der Waals surface area contributed by atoms with Crippen LogP contribution < -0.4 is 5.32 Å². The minimum absolute atomic E-state index is 0.224. The van der Waals surface area contributed by atoms with Gasteiger partial charge in [0.05, 0.1) is 5.69 Å². The van der Waals surface area contributed by atoms with E-state index in [1.54, 1.807) is 23.5 Å². The van der Waals surface area contributed by atoms with Gasteiger partial charge in [-0.2, -0.15) is 0 Å². The van der Waals surface area contributed by atoms with Gasteiger partial charge in [-0.25, -0.2) is 9.37 Å². The monoisotopic (exact) mass is 248 g/mol. The number of benzene rings is 1. The third-order valence-electron chi connectivity index (χ3n) is 2.24. The van der Waals surface area contributed by atoms with Crippen LogP contribution in [-0.2, 0) is 6.54 Å². The molecule has 0 aliphatic carbocycles. The fourth-order valence-electron chi connectivity index (χ4n) is 1.42. The maximum absolute atomic E-state index is 12.8. The molecule has 0 bridgehead atoms. The second-order valence-corrected chi connectivity index (χ2v) is 4.43. The van der Waals surface area contributed by atoms with Gasteiger partial charge in [0.1, 0.15) is 10.8 Å². The largest absolute Gasteiger partial charge is 0.308 e. The molecule has 1 aromatic heterocycles. The van der Waals surface area contributed by atoms with E-state index >= 15 is 0 Å². The third kappa shape index (κ3) is 3.22. The second-order valence-electron chi connectivity index (χ2n) is 3.57. The number of rotatable bonds is 5. The Morgan fingerprint density at radius 1 is 1.35 bits per heavy atom. The summed E-state index contributed by atoms with van der Waals surface area (Å²) in [4.78, 5) is 4.48. The van der Waals surface area contributed by atoms with Crippen LogP contribution in [0.4, 0.5) is 4.39 Å². The number of aromatic nitrogens is 1. The summed E-state index contributed by atoms with van der Waals surface area (Å²) < 4.78 is 12.8. The van der Waals surface area contributed by atoms with E-state index in [0.717, 1.165) is 29.4 Å². The zero-order chi connectivity index (χ0) is 12.1. The standard InChI is InChI=1S/C13H13FN2S/c1-2-7-15-8-12-9-17-13(16-12)10-3-5-11(14)6-4-10/h2-6,9,15H,1,7-8H2. The molecule has 0 unspecified atom stereocenters. The Morgan fingerprint density at radius 2 is 2.12 bits per heavy atom. The van der Waals surface area contributed by atoms with Gasteiger partial charge in [0.15, 0.2) is 0 Å². The first-order valence-electron chi connectivity index (χ1n) is 5.31. The van der Waals surface area contributed by atoms with Crippen molar-refractivity contribution in [3.63, 3.8) is 0 Å². The number of hydrogen-bond donors (Lipinski definition) is 1. The highest BCUT2D eigenvalue weighted by Gasteiger charge is 2.04. The Hall–Kier alpha value is -1.52. The molecule has 0 aliphatic heterocycles. The molecule has 1 heterocycles. The molecule has 0 atom stereocenters. The van der Waals surface area contributed by atoms with E-state index in [1.807, 2.05) is 11.5 Å². The van der Waals surface area contributed by atoms with Crippen LogP contribution in [0.1, 0.15) is 5.69 Å². The predicted octanol–water partition coefficient (Wildman–Crippen LogP) is 3.22. The minimum atomic E-state index is -0.224. The Bertz CT molecular complexity index is 490. The van der Waals surface area contributed by atoms with Gasteiger partial charge in [0.2, 0.25) is 0 Å². The first-order valence-corrected chi connectivity index (χ1v) is 6.19. The van der Waals surface area contributed by atoms with Crippen molar-refractivity contribution in [1.82, 2.24) is 10.3 Å². The smallest absolute Gasteiger partial charge is 0.123 e. The topological polar surface area (TPSA) is 24.9 Å². The molecular formula is C13H13FN2S. The summed E-state index contributed by atoms with van der Waals surface area (Å²) in [6.45, 7) is 5.13. The van der Waals surface area contributed by atoms with E-state index in [-0.39, 0.29) is 5.82 Å². The van der Waals surface area contributed by atoms with Gasteiger partial charge in [0.25, 0.3) is 0 Å². The average Bonchev–Trinajstić information content (AvgIpc) is 2.79. The van der Waals surface area contributed by atoms with Gasteiger partial charge in [-0.1, -0.05) is 6.08 Å². The van der Waals surface area contributed by atoms with Crippen molar-refractivity contribution < 1.29 is 4.39 Å². The Kier molecular flexibility index (Phi) is 4.01. The summed E-state index contributed by atoms with van der Waals surface area (Å²) in [5, 5.41) is 6.12. The molecule has 0 saturated carbocycles. The van der Waals surface area contributed by atoms with E-state index in [9.17, 15) is 4.39 Å². The number of hydrogen-bond acceptors (Lipinski definition) is 3. The molecule has 0 radical (unpaired) electrons. The van der Waals surface area contributed by atoms with Gasteiger partial charge in [-0.15, -0.1) is 17.9 Å². The molecule has 1 N–H and O–H groups in total. The molecule has 1 aromatic carbocycles. The van der Waals surface area contributed by atoms with Gasteiger partial charge in [-0.05, 0) is 24.3 Å². The first-order chi connectivity index (χ1) is 8.29. The van der Waals surface area contributed by atoms with Crippen LogP contribution in [0.15, 0.2) is 42.3 Å². The SMILES string of the molecule is C=CCNCc1csc(-c2ccc(F)cc2)n1. The normalized spacial score (nSPS) is 10.4. The molecular weight excluding hydrogens is 235 g/mol. The van der Waals surface area contributed by atoms with E-state index in [2.05, 4.69) is 16.9 Å². The van der Waals surface area contributed by atoms with Crippen LogP contribution in [0.5, 0.6) is 0 Å². The number of halogens is 1. The van der Waals surface area contributed by atoms with Gasteiger partial charge in [-0.3, -0.25) is 0 Å². The lowest BCUT2D eigenvalue weighted by atomic mass is 10.2. The van der Waals surface area contributed by atoms with E-state index < -0.39 is 0 Å². The van der Waals surface area contributed by atoms with Crippen LogP contribution in [0.3, 0.4) is 0 Å². The highest BCUT2D eigenvalue weighted by molar-refractivity contribution is 7.13. The zero-order valence-electron chi connectivity index (χ0n) is 9.32. The van der Waals surface area contributed by atoms with Crippen molar-refractivity contribution in [2.45, 2.75) is 6.54 Å². The summed E-state index contributed by atoms with van der Waals surface area (Å²) in [6, 6.07) is 6.39. The van der Waals surface area contributed by atoms with Crippen LogP contribution in [0, 0.1) is 5.82 Å². The maximum Gasteiger partial charge on any atom is 0.123 e. The summed E-state index contributed by atoms with van der Waals surface area (Å²) in [5.41, 5.74) is 1.95. The fourth-order valence-corrected chi connectivity index (χ4v) is 2.24. The molecule has 0 saturated heterocycles. The van der Waals surface area contributed by atoms with Crippen LogP contribution in [-0.4, -0.2) is 11.5 Å². The van der Waals surface area contributed by atoms with E-state index in [4.69, 9.17) is 0 Å². The lowest BCUT2D eigenvalue weighted by Gasteiger charge is -1.97. The van der Waals surface area contributed by atoms with Crippen molar-refractivity contribution in [3.8, 4) is 10.6 Å². The highest BCUT2D eigenvalue weighted by atomic mass is 32.1. The fraction of sp³-hybridized carbons (Fsp3) is 0.154. The lowest BCUT2D eigenvalue weighted by Crippen LogP contribution is -2.12. The molecule has 0 amide bonds. The summed E-state index contributed by atoms with van der Waals surface area (Å²) in [5.74, 6) is -0.224. The van der Waals surface area contributed by atoms with Crippen LogP contribution in [0.2, 0.25) is 0 Å². The second kappa shape index (κ2) is 5.70. The van der Waals surface area contributed by atoms with E-state index in [0.29, 0.717) is 0 Å². The molecule has 88 valence electrons. The molecule has 0 spiro atoms. The molecule has 0 fully saturated rings. The first kappa shape index (κ1) is 12.0. The molecule has 2 nitrogen and oxygen atoms in total. The molecule has 17 heavy (non-hydrogen) atoms. The van der Waals surface area contributed by atoms with Gasteiger partial charge < -0.3 is 5.32 Å². The summed E-state index contributed by atoms with van der Waals surface area (Å²) in [7, 11) is 0. The Morgan fingerprint density at radius 3 is 2.82 bits per heavy atom. The minimum Gasteiger partial charge on any atom is -0.308 e. The Balaban J connectivity index is 2.07. The van der Waals surface area contributed by atoms with Crippen molar-refractivity contribution in [1.29, 1.82) is 0 Å². The molecule has 0 aliphatic rings. The molecule has 4 heteroatoms. The van der Waals surface area contributed by atoms with Crippen LogP contribution in [0.25, 0.3) is 10.6 Å². The van der Waals surface area contributed by atoms with Crippen molar-refractivity contribution in [3.05, 3.63) is 53.8 Å².